The SMILES string of the molecule is CN1C(=O)C[C@@H](CNCc2cnc(C3CCC3)s2)[C@@H]1c1cnn(C)c1. The van der Waals surface area contributed by atoms with Crippen molar-refractivity contribution in [3.05, 3.63) is 34.0 Å². The van der Waals surface area contributed by atoms with Crippen molar-refractivity contribution < 1.29 is 4.79 Å². The molecule has 1 N–H and O–H groups in total. The number of likely N-dealkylation sites (tertiary alicyclic amines) is 1. The van der Waals surface area contributed by atoms with Gasteiger partial charge in [0.15, 0.2) is 0 Å². The van der Waals surface area contributed by atoms with E-state index in [-0.39, 0.29) is 17.9 Å². The van der Waals surface area contributed by atoms with Crippen LogP contribution in [0.3, 0.4) is 0 Å². The van der Waals surface area contributed by atoms with Crippen LogP contribution in [0.1, 0.15) is 53.1 Å². The Hall–Kier alpha value is -1.73. The van der Waals surface area contributed by atoms with Crippen LogP contribution in [0.4, 0.5) is 0 Å². The van der Waals surface area contributed by atoms with E-state index in [0.717, 1.165) is 18.7 Å². The van der Waals surface area contributed by atoms with Gasteiger partial charge in [0.25, 0.3) is 0 Å². The summed E-state index contributed by atoms with van der Waals surface area (Å²) in [5.74, 6) is 1.20. The predicted molar refractivity (Wildman–Crippen MR) is 97.2 cm³/mol. The maximum Gasteiger partial charge on any atom is 0.223 e. The summed E-state index contributed by atoms with van der Waals surface area (Å²) >= 11 is 1.84. The fraction of sp³-hybridized carbons (Fsp3) is 0.611. The molecule has 1 saturated carbocycles. The monoisotopic (exact) mass is 359 g/mol. The lowest BCUT2D eigenvalue weighted by Gasteiger charge is -2.24. The smallest absolute Gasteiger partial charge is 0.223 e. The highest BCUT2D eigenvalue weighted by Gasteiger charge is 2.38. The molecule has 0 bridgehead atoms. The molecule has 3 heterocycles. The van der Waals surface area contributed by atoms with E-state index >= 15 is 0 Å². The molecule has 134 valence electrons. The molecule has 0 unspecified atom stereocenters. The van der Waals surface area contributed by atoms with Crippen molar-refractivity contribution >= 4 is 17.2 Å². The third kappa shape index (κ3) is 3.35. The second-order valence-corrected chi connectivity index (χ2v) is 8.43. The van der Waals surface area contributed by atoms with Gasteiger partial charge in [0, 0.05) is 68.3 Å². The second-order valence-electron chi connectivity index (χ2n) is 7.28. The van der Waals surface area contributed by atoms with Gasteiger partial charge in [-0.2, -0.15) is 5.10 Å². The van der Waals surface area contributed by atoms with E-state index in [9.17, 15) is 4.79 Å². The van der Waals surface area contributed by atoms with Crippen LogP contribution in [0, 0.1) is 5.92 Å². The van der Waals surface area contributed by atoms with Gasteiger partial charge < -0.3 is 10.2 Å². The number of carbonyl (C=O) groups is 1. The minimum absolute atomic E-state index is 0.112. The van der Waals surface area contributed by atoms with Crippen LogP contribution in [-0.4, -0.2) is 39.2 Å². The van der Waals surface area contributed by atoms with Crippen LogP contribution in [0.15, 0.2) is 18.6 Å². The Morgan fingerprint density at radius 2 is 2.16 bits per heavy atom. The Morgan fingerprint density at radius 1 is 1.32 bits per heavy atom. The van der Waals surface area contributed by atoms with E-state index in [2.05, 4.69) is 15.4 Å². The van der Waals surface area contributed by atoms with Gasteiger partial charge in [0.2, 0.25) is 5.91 Å². The average Bonchev–Trinajstić information content (AvgIpc) is 3.20. The van der Waals surface area contributed by atoms with Crippen molar-refractivity contribution in [1.29, 1.82) is 0 Å². The van der Waals surface area contributed by atoms with Gasteiger partial charge in [-0.05, 0) is 12.8 Å². The normalized spacial score (nSPS) is 24.1. The summed E-state index contributed by atoms with van der Waals surface area (Å²) in [6.07, 6.45) is 10.4. The zero-order valence-electron chi connectivity index (χ0n) is 14.8. The van der Waals surface area contributed by atoms with Gasteiger partial charge in [-0.15, -0.1) is 11.3 Å². The highest BCUT2D eigenvalue weighted by atomic mass is 32.1. The molecule has 2 aromatic heterocycles. The van der Waals surface area contributed by atoms with Crippen molar-refractivity contribution in [2.75, 3.05) is 13.6 Å². The highest BCUT2D eigenvalue weighted by molar-refractivity contribution is 7.11. The lowest BCUT2D eigenvalue weighted by atomic mass is 9.86. The third-order valence-corrected chi connectivity index (χ3v) is 6.65. The fourth-order valence-corrected chi connectivity index (χ4v) is 4.91. The molecule has 0 radical (unpaired) electrons. The number of nitrogens with one attached hydrogen (secondary N) is 1. The van der Waals surface area contributed by atoms with Crippen LogP contribution in [-0.2, 0) is 18.4 Å². The maximum atomic E-state index is 12.2. The van der Waals surface area contributed by atoms with Crippen LogP contribution >= 0.6 is 11.3 Å². The third-order valence-electron chi connectivity index (χ3n) is 5.49. The number of thiazole rings is 1. The van der Waals surface area contributed by atoms with Crippen LogP contribution in [0.5, 0.6) is 0 Å². The molecule has 4 rings (SSSR count). The molecule has 6 nitrogen and oxygen atoms in total. The number of aromatic nitrogens is 3. The molecular weight excluding hydrogens is 334 g/mol. The Bertz CT molecular complexity index is 750. The number of rotatable bonds is 6. The summed E-state index contributed by atoms with van der Waals surface area (Å²) in [4.78, 5) is 19.9. The molecule has 1 aliphatic heterocycles. The fourth-order valence-electron chi connectivity index (χ4n) is 3.85. The van der Waals surface area contributed by atoms with Gasteiger partial charge in [0.05, 0.1) is 17.2 Å². The van der Waals surface area contributed by atoms with Gasteiger partial charge in [-0.3, -0.25) is 9.48 Å². The Labute approximate surface area is 152 Å². The molecule has 1 amide bonds. The highest BCUT2D eigenvalue weighted by Crippen LogP contribution is 2.38. The van der Waals surface area contributed by atoms with E-state index in [1.807, 2.05) is 48.9 Å². The van der Waals surface area contributed by atoms with Crippen LogP contribution in [0.2, 0.25) is 0 Å². The van der Waals surface area contributed by atoms with E-state index in [1.54, 1.807) is 4.68 Å². The molecule has 0 aromatic carbocycles. The topological polar surface area (TPSA) is 63.1 Å². The molecule has 25 heavy (non-hydrogen) atoms. The first-order valence-corrected chi connectivity index (χ1v) is 9.83. The van der Waals surface area contributed by atoms with Crippen LogP contribution < -0.4 is 5.32 Å². The molecule has 1 aliphatic carbocycles. The van der Waals surface area contributed by atoms with E-state index < -0.39 is 0 Å². The molecule has 2 aromatic rings. The average molecular weight is 359 g/mol. The van der Waals surface area contributed by atoms with Crippen molar-refractivity contribution in [2.24, 2.45) is 13.0 Å². The number of amides is 1. The van der Waals surface area contributed by atoms with Gasteiger partial charge >= 0.3 is 0 Å². The first-order chi connectivity index (χ1) is 12.1. The molecule has 2 aliphatic rings. The van der Waals surface area contributed by atoms with Crippen molar-refractivity contribution in [3.63, 3.8) is 0 Å². The predicted octanol–water partition coefficient (Wildman–Crippen LogP) is 2.45. The molecule has 2 atom stereocenters. The summed E-state index contributed by atoms with van der Waals surface area (Å²) in [6.45, 7) is 1.66. The summed E-state index contributed by atoms with van der Waals surface area (Å²) < 4.78 is 1.80. The van der Waals surface area contributed by atoms with E-state index in [1.165, 1.54) is 29.1 Å². The molecular formula is C18H25N5OS. The minimum Gasteiger partial charge on any atom is -0.338 e. The van der Waals surface area contributed by atoms with Gasteiger partial charge in [-0.25, -0.2) is 4.98 Å². The standard InChI is InChI=1S/C18H25N5OS/c1-22-11-14(8-21-22)17-13(6-16(24)23(17)2)7-19-9-15-10-20-18(25-15)12-4-3-5-12/h8,10-13,17,19H,3-7,9H2,1-2H3/t13-,17+/m0/s1. The van der Waals surface area contributed by atoms with E-state index in [0.29, 0.717) is 12.3 Å². The lowest BCUT2D eigenvalue weighted by Crippen LogP contribution is -2.28. The number of aryl methyl sites for hydroxylation is 1. The summed E-state index contributed by atoms with van der Waals surface area (Å²) in [7, 11) is 3.81. The molecule has 0 spiro atoms. The molecule has 7 heteroatoms. The zero-order valence-corrected chi connectivity index (χ0v) is 15.6. The Balaban J connectivity index is 1.36. The maximum absolute atomic E-state index is 12.2. The number of hydrogen-bond acceptors (Lipinski definition) is 5. The lowest BCUT2D eigenvalue weighted by molar-refractivity contribution is -0.127. The second kappa shape index (κ2) is 6.88. The summed E-state index contributed by atoms with van der Waals surface area (Å²) in [5, 5.41) is 9.11. The Morgan fingerprint density at radius 3 is 2.84 bits per heavy atom. The van der Waals surface area contributed by atoms with Crippen LogP contribution in [0.25, 0.3) is 0 Å². The molecule has 1 saturated heterocycles. The summed E-state index contributed by atoms with van der Waals surface area (Å²) in [5.41, 5.74) is 1.12. The van der Waals surface area contributed by atoms with Gasteiger partial charge in [0.1, 0.15) is 0 Å². The summed E-state index contributed by atoms with van der Waals surface area (Å²) in [6, 6.07) is 0.112. The molecule has 2 fully saturated rings. The zero-order chi connectivity index (χ0) is 17.4. The van der Waals surface area contributed by atoms with Crippen molar-refractivity contribution in [2.45, 2.75) is 44.2 Å². The minimum atomic E-state index is 0.112. The van der Waals surface area contributed by atoms with Crippen molar-refractivity contribution in [3.8, 4) is 0 Å². The first kappa shape index (κ1) is 16.7. The van der Waals surface area contributed by atoms with Gasteiger partial charge in [-0.1, -0.05) is 6.42 Å². The number of nitrogens with zero attached hydrogens (tertiary/aromatic N) is 4. The number of carbonyl (C=O) groups excluding carboxylic acids is 1. The quantitative estimate of drug-likeness (QED) is 0.860. The van der Waals surface area contributed by atoms with Crippen molar-refractivity contribution in [1.82, 2.24) is 25.0 Å². The number of hydrogen-bond donors (Lipinski definition) is 1. The largest absolute Gasteiger partial charge is 0.338 e. The Kier molecular flexibility index (Phi) is 4.60. The first-order valence-electron chi connectivity index (χ1n) is 9.01. The van der Waals surface area contributed by atoms with E-state index in [4.69, 9.17) is 0 Å².